The first-order valence-electron chi connectivity index (χ1n) is 9.71. The normalized spacial score (nSPS) is 12.0. The van der Waals surface area contributed by atoms with Gasteiger partial charge in [0.2, 0.25) is 6.79 Å². The highest BCUT2D eigenvalue weighted by atomic mass is 16.7. The molecule has 0 bridgehead atoms. The number of carbonyl (C=O) groups is 1. The van der Waals surface area contributed by atoms with E-state index in [1.54, 1.807) is 13.0 Å². The second kappa shape index (κ2) is 9.51. The molecular weight excluding hydrogens is 392 g/mol. The average molecular weight is 412 g/mol. The fourth-order valence-corrected chi connectivity index (χ4v) is 2.90. The van der Waals surface area contributed by atoms with E-state index < -0.39 is 0 Å². The summed E-state index contributed by atoms with van der Waals surface area (Å²) in [6.45, 7) is 1.80. The highest BCUT2D eigenvalue weighted by Crippen LogP contribution is 2.32. The lowest BCUT2D eigenvalue weighted by atomic mass is 10.1. The van der Waals surface area contributed by atoms with E-state index in [0.29, 0.717) is 22.9 Å². The average Bonchev–Trinajstić information content (AvgIpc) is 3.26. The van der Waals surface area contributed by atoms with Crippen LogP contribution in [0.3, 0.4) is 0 Å². The van der Waals surface area contributed by atoms with E-state index >= 15 is 0 Å². The van der Waals surface area contributed by atoms with Gasteiger partial charge in [-0.1, -0.05) is 41.3 Å². The fourth-order valence-electron chi connectivity index (χ4n) is 2.90. The minimum atomic E-state index is -0.310. The minimum absolute atomic E-state index is 0.207. The standard InChI is InChI=1S/C25H20N2O4/c1-18(21-12-13-23-24(15-21)30-17-29-23)27-31-16-25(28)26-22-9-5-8-20(14-22)11-10-19-6-3-2-4-7-19/h2-9,12-15H,16-17H2,1H3,(H,26,28). The molecule has 1 N–H and O–H groups in total. The summed E-state index contributed by atoms with van der Waals surface area (Å²) in [5.74, 6) is 7.25. The molecule has 0 spiro atoms. The minimum Gasteiger partial charge on any atom is -0.454 e. The summed E-state index contributed by atoms with van der Waals surface area (Å²) in [6.07, 6.45) is 0. The Kier molecular flexibility index (Phi) is 6.15. The molecule has 0 unspecified atom stereocenters. The van der Waals surface area contributed by atoms with E-state index in [4.69, 9.17) is 14.3 Å². The van der Waals surface area contributed by atoms with Crippen LogP contribution in [0.15, 0.2) is 78.0 Å². The third kappa shape index (κ3) is 5.43. The Bertz CT molecular complexity index is 1180. The van der Waals surface area contributed by atoms with Crippen molar-refractivity contribution >= 4 is 17.3 Å². The van der Waals surface area contributed by atoms with Crippen LogP contribution in [0.5, 0.6) is 11.5 Å². The molecule has 0 atom stereocenters. The van der Waals surface area contributed by atoms with Crippen molar-refractivity contribution in [1.29, 1.82) is 0 Å². The molecular formula is C25H20N2O4. The third-order valence-electron chi connectivity index (χ3n) is 4.46. The second-order valence-electron chi connectivity index (χ2n) is 6.76. The number of rotatable bonds is 5. The second-order valence-corrected chi connectivity index (χ2v) is 6.76. The maximum atomic E-state index is 12.2. The van der Waals surface area contributed by atoms with Crippen LogP contribution in [-0.4, -0.2) is 25.0 Å². The summed E-state index contributed by atoms with van der Waals surface area (Å²) in [7, 11) is 0. The molecule has 154 valence electrons. The molecule has 0 saturated carbocycles. The van der Waals surface area contributed by atoms with Gasteiger partial charge in [-0.15, -0.1) is 0 Å². The number of hydrogen-bond acceptors (Lipinski definition) is 5. The van der Waals surface area contributed by atoms with E-state index in [1.165, 1.54) is 0 Å². The predicted octanol–water partition coefficient (Wildman–Crippen LogP) is 4.19. The number of hydrogen-bond donors (Lipinski definition) is 1. The van der Waals surface area contributed by atoms with Crippen molar-refractivity contribution in [2.24, 2.45) is 5.16 Å². The highest BCUT2D eigenvalue weighted by molar-refractivity contribution is 5.99. The Morgan fingerprint density at radius 3 is 2.61 bits per heavy atom. The summed E-state index contributed by atoms with van der Waals surface area (Å²) in [5, 5.41) is 6.81. The molecule has 0 saturated heterocycles. The highest BCUT2D eigenvalue weighted by Gasteiger charge is 2.14. The van der Waals surface area contributed by atoms with Gasteiger partial charge in [0.05, 0.1) is 5.71 Å². The first-order valence-corrected chi connectivity index (χ1v) is 9.71. The first-order chi connectivity index (χ1) is 15.2. The summed E-state index contributed by atoms with van der Waals surface area (Å²) in [5.41, 5.74) is 3.84. The van der Waals surface area contributed by atoms with Gasteiger partial charge in [-0.3, -0.25) is 4.79 Å². The Morgan fingerprint density at radius 1 is 0.968 bits per heavy atom. The lowest BCUT2D eigenvalue weighted by molar-refractivity contribution is -0.120. The van der Waals surface area contributed by atoms with Crippen LogP contribution in [0.25, 0.3) is 0 Å². The SMILES string of the molecule is CC(=NOCC(=O)Nc1cccc(C#Cc2ccccc2)c1)c1ccc2c(c1)OCO2. The van der Waals surface area contributed by atoms with E-state index in [9.17, 15) is 4.79 Å². The van der Waals surface area contributed by atoms with Crippen molar-refractivity contribution in [3.8, 4) is 23.3 Å². The van der Waals surface area contributed by atoms with Gasteiger partial charge < -0.3 is 19.6 Å². The number of anilines is 1. The number of carbonyl (C=O) groups excluding carboxylic acids is 1. The van der Waals surface area contributed by atoms with Crippen LogP contribution in [0.4, 0.5) is 5.69 Å². The summed E-state index contributed by atoms with van der Waals surface area (Å²) in [4.78, 5) is 17.4. The van der Waals surface area contributed by atoms with Gasteiger partial charge in [0.1, 0.15) is 0 Å². The van der Waals surface area contributed by atoms with Gasteiger partial charge >= 0.3 is 0 Å². The number of amides is 1. The van der Waals surface area contributed by atoms with Crippen LogP contribution in [-0.2, 0) is 9.63 Å². The molecule has 6 heteroatoms. The molecule has 0 radical (unpaired) electrons. The number of nitrogens with one attached hydrogen (secondary N) is 1. The first kappa shape index (κ1) is 20.0. The number of ether oxygens (including phenoxy) is 2. The van der Waals surface area contributed by atoms with Gasteiger partial charge in [0.15, 0.2) is 18.1 Å². The molecule has 1 aliphatic rings. The molecule has 1 heterocycles. The van der Waals surface area contributed by atoms with Gasteiger partial charge in [0, 0.05) is 22.4 Å². The Labute approximate surface area is 180 Å². The number of fused-ring (bicyclic) bond motifs is 1. The van der Waals surface area contributed by atoms with Crippen LogP contribution in [0, 0.1) is 11.8 Å². The van der Waals surface area contributed by atoms with Crippen LogP contribution in [0.1, 0.15) is 23.6 Å². The van der Waals surface area contributed by atoms with E-state index in [0.717, 1.165) is 16.7 Å². The largest absolute Gasteiger partial charge is 0.454 e. The summed E-state index contributed by atoms with van der Waals surface area (Å²) in [6, 6.07) is 22.6. The van der Waals surface area contributed by atoms with E-state index in [-0.39, 0.29) is 19.3 Å². The van der Waals surface area contributed by atoms with Crippen molar-refractivity contribution < 1.29 is 19.1 Å². The maximum Gasteiger partial charge on any atom is 0.265 e. The summed E-state index contributed by atoms with van der Waals surface area (Å²) < 4.78 is 10.7. The monoisotopic (exact) mass is 412 g/mol. The van der Waals surface area contributed by atoms with Crippen molar-refractivity contribution in [2.75, 3.05) is 18.7 Å². The molecule has 6 nitrogen and oxygen atoms in total. The van der Waals surface area contributed by atoms with Crippen LogP contribution in [0.2, 0.25) is 0 Å². The summed E-state index contributed by atoms with van der Waals surface area (Å²) >= 11 is 0. The molecule has 0 fully saturated rings. The maximum absolute atomic E-state index is 12.2. The van der Waals surface area contributed by atoms with Crippen molar-refractivity contribution in [3.63, 3.8) is 0 Å². The third-order valence-corrected chi connectivity index (χ3v) is 4.46. The van der Waals surface area contributed by atoms with Gasteiger partial charge in [0.25, 0.3) is 5.91 Å². The number of nitrogens with zero attached hydrogens (tertiary/aromatic N) is 1. The molecule has 1 amide bonds. The number of benzene rings is 3. The van der Waals surface area contributed by atoms with Crippen LogP contribution >= 0.6 is 0 Å². The molecule has 1 aliphatic heterocycles. The molecule has 3 aromatic rings. The zero-order valence-corrected chi connectivity index (χ0v) is 16.9. The topological polar surface area (TPSA) is 69.2 Å². The van der Waals surface area contributed by atoms with Crippen molar-refractivity contribution in [1.82, 2.24) is 0 Å². The van der Waals surface area contributed by atoms with Crippen molar-refractivity contribution in [3.05, 3.63) is 89.5 Å². The smallest absolute Gasteiger partial charge is 0.265 e. The Hall–Kier alpha value is -4.24. The molecule has 0 aromatic heterocycles. The Morgan fingerprint density at radius 2 is 1.74 bits per heavy atom. The van der Waals surface area contributed by atoms with Crippen LogP contribution < -0.4 is 14.8 Å². The lowest BCUT2D eigenvalue weighted by Crippen LogP contribution is -2.17. The number of oxime groups is 1. The fraction of sp³-hybridized carbons (Fsp3) is 0.120. The zero-order valence-electron chi connectivity index (χ0n) is 16.9. The van der Waals surface area contributed by atoms with Gasteiger partial charge in [-0.2, -0.15) is 0 Å². The lowest BCUT2D eigenvalue weighted by Gasteiger charge is -2.06. The zero-order chi connectivity index (χ0) is 21.5. The van der Waals surface area contributed by atoms with Gasteiger partial charge in [-0.25, -0.2) is 0 Å². The quantitative estimate of drug-likeness (QED) is 0.388. The van der Waals surface area contributed by atoms with E-state index in [1.807, 2.05) is 66.7 Å². The molecule has 4 rings (SSSR count). The van der Waals surface area contributed by atoms with Crippen molar-refractivity contribution in [2.45, 2.75) is 6.92 Å². The molecule has 0 aliphatic carbocycles. The Balaban J connectivity index is 1.32. The van der Waals surface area contributed by atoms with E-state index in [2.05, 4.69) is 22.3 Å². The molecule has 31 heavy (non-hydrogen) atoms. The predicted molar refractivity (Wildman–Crippen MR) is 118 cm³/mol. The molecule has 3 aromatic carbocycles. The van der Waals surface area contributed by atoms with Gasteiger partial charge in [-0.05, 0) is 55.5 Å².